The molecule has 0 aliphatic heterocycles. The van der Waals surface area contributed by atoms with Crippen LogP contribution in [0.2, 0.25) is 0 Å². The molecule has 0 fully saturated rings. The van der Waals surface area contributed by atoms with E-state index in [0.717, 1.165) is 17.6 Å². The molecule has 0 unspecified atom stereocenters. The Labute approximate surface area is 102 Å². The van der Waals surface area contributed by atoms with E-state index in [2.05, 4.69) is 9.97 Å². The average molecular weight is 244 g/mol. The molecule has 18 heavy (non-hydrogen) atoms. The summed E-state index contributed by atoms with van der Waals surface area (Å²) in [7, 11) is 0. The molecule has 6 nitrogen and oxygen atoms in total. The SMILES string of the molecule is NCCc1cn2c(nc3cc(C(=O)O)ccc32)[nH]1. The molecule has 3 rings (SSSR count). The van der Waals surface area contributed by atoms with E-state index >= 15 is 0 Å². The average Bonchev–Trinajstić information content (AvgIpc) is 2.85. The smallest absolute Gasteiger partial charge is 0.335 e. The van der Waals surface area contributed by atoms with Gasteiger partial charge in [-0.1, -0.05) is 0 Å². The van der Waals surface area contributed by atoms with Crippen LogP contribution in [0.3, 0.4) is 0 Å². The molecule has 0 atom stereocenters. The molecule has 0 aliphatic rings. The predicted octanol–water partition coefficient (Wildman–Crippen LogP) is 1.01. The van der Waals surface area contributed by atoms with Gasteiger partial charge < -0.3 is 15.8 Å². The molecular formula is C12H12N4O2. The Hall–Kier alpha value is -2.34. The summed E-state index contributed by atoms with van der Waals surface area (Å²) in [5.41, 5.74) is 8.31. The van der Waals surface area contributed by atoms with Crippen molar-refractivity contribution in [3.05, 3.63) is 35.7 Å². The maximum Gasteiger partial charge on any atom is 0.335 e. The number of rotatable bonds is 3. The molecular weight excluding hydrogens is 232 g/mol. The minimum atomic E-state index is -0.947. The van der Waals surface area contributed by atoms with Crippen LogP contribution >= 0.6 is 0 Å². The summed E-state index contributed by atoms with van der Waals surface area (Å²) < 4.78 is 1.91. The highest BCUT2D eigenvalue weighted by Gasteiger charge is 2.10. The number of hydrogen-bond donors (Lipinski definition) is 3. The molecule has 0 saturated heterocycles. The van der Waals surface area contributed by atoms with E-state index in [4.69, 9.17) is 10.8 Å². The summed E-state index contributed by atoms with van der Waals surface area (Å²) in [5.74, 6) is -0.242. The second kappa shape index (κ2) is 3.85. The first kappa shape index (κ1) is 10.8. The molecule has 92 valence electrons. The van der Waals surface area contributed by atoms with E-state index < -0.39 is 5.97 Å². The zero-order chi connectivity index (χ0) is 12.7. The highest BCUT2D eigenvalue weighted by atomic mass is 16.4. The van der Waals surface area contributed by atoms with Crippen LogP contribution in [-0.2, 0) is 6.42 Å². The van der Waals surface area contributed by atoms with Crippen LogP contribution < -0.4 is 5.73 Å². The molecule has 6 heteroatoms. The van der Waals surface area contributed by atoms with Gasteiger partial charge in [0.2, 0.25) is 5.78 Å². The van der Waals surface area contributed by atoms with Crippen molar-refractivity contribution in [3.63, 3.8) is 0 Å². The van der Waals surface area contributed by atoms with E-state index in [-0.39, 0.29) is 5.56 Å². The molecule has 2 heterocycles. The lowest BCUT2D eigenvalue weighted by Crippen LogP contribution is -2.02. The van der Waals surface area contributed by atoms with Crippen LogP contribution in [-0.4, -0.2) is 32.0 Å². The van der Waals surface area contributed by atoms with Crippen molar-refractivity contribution in [1.82, 2.24) is 14.4 Å². The first-order valence-corrected chi connectivity index (χ1v) is 5.62. The minimum Gasteiger partial charge on any atom is -0.478 e. The highest BCUT2D eigenvalue weighted by Crippen LogP contribution is 2.18. The Morgan fingerprint density at radius 1 is 1.50 bits per heavy atom. The van der Waals surface area contributed by atoms with Gasteiger partial charge in [0.15, 0.2) is 0 Å². The van der Waals surface area contributed by atoms with Gasteiger partial charge in [-0.05, 0) is 24.7 Å². The largest absolute Gasteiger partial charge is 0.478 e. The number of aromatic carboxylic acids is 1. The Morgan fingerprint density at radius 3 is 3.06 bits per heavy atom. The van der Waals surface area contributed by atoms with Crippen molar-refractivity contribution in [1.29, 1.82) is 0 Å². The second-order valence-electron chi connectivity index (χ2n) is 4.13. The molecule has 4 N–H and O–H groups in total. The highest BCUT2D eigenvalue weighted by molar-refractivity contribution is 5.93. The molecule has 0 amide bonds. The molecule has 2 aromatic heterocycles. The molecule has 1 aromatic carbocycles. The van der Waals surface area contributed by atoms with Crippen LogP contribution in [0, 0.1) is 0 Å². The fourth-order valence-electron chi connectivity index (χ4n) is 2.06. The van der Waals surface area contributed by atoms with Gasteiger partial charge >= 0.3 is 5.97 Å². The zero-order valence-electron chi connectivity index (χ0n) is 9.55. The van der Waals surface area contributed by atoms with Crippen LogP contribution in [0.25, 0.3) is 16.8 Å². The molecule has 0 saturated carbocycles. The van der Waals surface area contributed by atoms with Crippen LogP contribution in [0.15, 0.2) is 24.4 Å². The van der Waals surface area contributed by atoms with Gasteiger partial charge in [-0.15, -0.1) is 0 Å². The van der Waals surface area contributed by atoms with Gasteiger partial charge in [-0.25, -0.2) is 9.78 Å². The number of benzene rings is 1. The minimum absolute atomic E-state index is 0.241. The normalized spacial score (nSPS) is 11.4. The first-order chi connectivity index (χ1) is 8.69. The summed E-state index contributed by atoms with van der Waals surface area (Å²) >= 11 is 0. The molecule has 3 aromatic rings. The number of nitrogens with one attached hydrogen (secondary N) is 1. The lowest BCUT2D eigenvalue weighted by molar-refractivity contribution is 0.0697. The lowest BCUT2D eigenvalue weighted by atomic mass is 10.2. The second-order valence-corrected chi connectivity index (χ2v) is 4.13. The number of nitrogens with zero attached hydrogens (tertiary/aromatic N) is 2. The van der Waals surface area contributed by atoms with Crippen LogP contribution in [0.4, 0.5) is 0 Å². The van der Waals surface area contributed by atoms with Crippen molar-refractivity contribution in [2.45, 2.75) is 6.42 Å². The van der Waals surface area contributed by atoms with E-state index in [9.17, 15) is 4.79 Å². The maximum atomic E-state index is 10.9. The maximum absolute atomic E-state index is 10.9. The summed E-state index contributed by atoms with van der Waals surface area (Å²) in [4.78, 5) is 18.4. The number of aromatic nitrogens is 3. The summed E-state index contributed by atoms with van der Waals surface area (Å²) in [6, 6.07) is 4.91. The summed E-state index contributed by atoms with van der Waals surface area (Å²) in [6.07, 6.45) is 2.70. The Kier molecular flexibility index (Phi) is 2.31. The van der Waals surface area contributed by atoms with E-state index in [0.29, 0.717) is 17.8 Å². The number of carboxylic acid groups (broad SMARTS) is 1. The van der Waals surface area contributed by atoms with E-state index in [1.54, 1.807) is 18.2 Å². The van der Waals surface area contributed by atoms with Gasteiger partial charge in [0, 0.05) is 18.3 Å². The van der Waals surface area contributed by atoms with Gasteiger partial charge in [0.25, 0.3) is 0 Å². The Morgan fingerprint density at radius 2 is 2.33 bits per heavy atom. The number of hydrogen-bond acceptors (Lipinski definition) is 3. The number of aromatic amines is 1. The van der Waals surface area contributed by atoms with Crippen molar-refractivity contribution in [2.24, 2.45) is 5.73 Å². The quantitative estimate of drug-likeness (QED) is 0.640. The summed E-state index contributed by atoms with van der Waals surface area (Å²) in [6.45, 7) is 0.574. The lowest BCUT2D eigenvalue weighted by Gasteiger charge is -1.94. The fraction of sp³-hybridized carbons (Fsp3) is 0.167. The third-order valence-corrected chi connectivity index (χ3v) is 2.91. The first-order valence-electron chi connectivity index (χ1n) is 5.62. The predicted molar refractivity (Wildman–Crippen MR) is 66.8 cm³/mol. The van der Waals surface area contributed by atoms with Gasteiger partial charge in [0.1, 0.15) is 0 Å². The monoisotopic (exact) mass is 244 g/mol. The summed E-state index contributed by atoms with van der Waals surface area (Å²) in [5, 5.41) is 8.93. The van der Waals surface area contributed by atoms with Crippen molar-refractivity contribution in [3.8, 4) is 0 Å². The van der Waals surface area contributed by atoms with Gasteiger partial charge in [0.05, 0.1) is 16.6 Å². The van der Waals surface area contributed by atoms with E-state index in [1.165, 1.54) is 0 Å². The molecule has 0 spiro atoms. The number of H-pyrrole nitrogens is 1. The molecule has 0 aliphatic carbocycles. The third-order valence-electron chi connectivity index (χ3n) is 2.91. The third kappa shape index (κ3) is 1.54. The Balaban J connectivity index is 2.19. The molecule has 0 radical (unpaired) electrons. The van der Waals surface area contributed by atoms with Gasteiger partial charge in [-0.2, -0.15) is 0 Å². The van der Waals surface area contributed by atoms with Crippen LogP contribution in [0.5, 0.6) is 0 Å². The molecule has 0 bridgehead atoms. The Bertz CT molecular complexity index is 741. The van der Waals surface area contributed by atoms with Crippen molar-refractivity contribution in [2.75, 3.05) is 6.54 Å². The standard InChI is InChI=1S/C12H12N4O2/c13-4-3-8-6-16-10-2-1-7(11(17)18)5-9(10)15-12(16)14-8/h1-2,5-6H,3-4,13H2,(H,14,15)(H,17,18). The number of carboxylic acids is 1. The van der Waals surface area contributed by atoms with Crippen molar-refractivity contribution >= 4 is 22.8 Å². The number of imidazole rings is 2. The van der Waals surface area contributed by atoms with Gasteiger partial charge in [-0.3, -0.25) is 4.40 Å². The number of fused-ring (bicyclic) bond motifs is 3. The number of carbonyl (C=O) groups is 1. The van der Waals surface area contributed by atoms with Crippen molar-refractivity contribution < 1.29 is 9.90 Å². The zero-order valence-corrected chi connectivity index (χ0v) is 9.55. The topological polar surface area (TPSA) is 96.4 Å². The fourth-order valence-corrected chi connectivity index (χ4v) is 2.06. The number of nitrogens with two attached hydrogens (primary N) is 1. The van der Waals surface area contributed by atoms with Crippen LogP contribution in [0.1, 0.15) is 16.1 Å². The van der Waals surface area contributed by atoms with E-state index in [1.807, 2.05) is 10.6 Å².